The smallest absolute Gasteiger partial charge is 0.0361 e. The maximum Gasteiger partial charge on any atom is 0.0361 e. The minimum atomic E-state index is -0.0387. The molecule has 9 rings (SSSR count). The van der Waals surface area contributed by atoms with Gasteiger partial charge < -0.3 is 11.1 Å². The van der Waals surface area contributed by atoms with E-state index in [2.05, 4.69) is 179 Å². The van der Waals surface area contributed by atoms with Gasteiger partial charge in [0.15, 0.2) is 0 Å². The van der Waals surface area contributed by atoms with Crippen LogP contribution in [0.25, 0.3) is 76.8 Å². The predicted molar refractivity (Wildman–Crippen MR) is 248 cm³/mol. The first-order valence-electron chi connectivity index (χ1n) is 19.0. The van der Waals surface area contributed by atoms with Crippen LogP contribution in [-0.4, -0.2) is 6.72 Å². The van der Waals surface area contributed by atoms with E-state index < -0.39 is 0 Å². The Bertz CT molecular complexity index is 2810. The molecule has 2 nitrogen and oxygen atoms in total. The molecule has 0 saturated carbocycles. The van der Waals surface area contributed by atoms with Crippen molar-refractivity contribution in [2.24, 2.45) is 5.73 Å². The second-order valence-corrected chi connectivity index (χ2v) is 15.0. The second-order valence-electron chi connectivity index (χ2n) is 13.9. The average molecular weight is 743 g/mol. The van der Waals surface area contributed by atoms with Crippen LogP contribution in [0.3, 0.4) is 0 Å². The Morgan fingerprint density at radius 2 is 1.21 bits per heavy atom. The summed E-state index contributed by atoms with van der Waals surface area (Å²) < 4.78 is 1.28. The first kappa shape index (κ1) is 37.9. The average Bonchev–Trinajstić information content (AvgIpc) is 3.61. The molecule has 9 aromatic rings. The Labute approximate surface area is 334 Å². The van der Waals surface area contributed by atoms with Crippen LogP contribution in [0, 0.1) is 12.3 Å². The first-order valence-corrected chi connectivity index (χ1v) is 19.8. The molecule has 1 atom stereocenters. The fourth-order valence-corrected chi connectivity index (χ4v) is 8.78. The van der Waals surface area contributed by atoms with E-state index in [0.717, 1.165) is 12.0 Å². The fraction of sp³-hybridized carbons (Fsp3) is 0.0755. The van der Waals surface area contributed by atoms with Crippen LogP contribution >= 0.6 is 11.3 Å². The third-order valence-corrected chi connectivity index (χ3v) is 11.5. The van der Waals surface area contributed by atoms with E-state index in [9.17, 15) is 0 Å². The molecule has 8 aromatic carbocycles. The molecule has 0 bridgehead atoms. The summed E-state index contributed by atoms with van der Waals surface area (Å²) in [6.45, 7) is 10.7. The van der Waals surface area contributed by atoms with E-state index in [1.54, 1.807) is 0 Å². The molecule has 1 aromatic heterocycles. The maximum atomic E-state index is 6.62. The van der Waals surface area contributed by atoms with Gasteiger partial charge in [0.1, 0.15) is 0 Å². The zero-order chi connectivity index (χ0) is 39.0. The third-order valence-electron chi connectivity index (χ3n) is 10.3. The molecule has 274 valence electrons. The van der Waals surface area contributed by atoms with Gasteiger partial charge in [-0.3, -0.25) is 0 Å². The van der Waals surface area contributed by atoms with Crippen LogP contribution in [0.1, 0.15) is 40.1 Å². The lowest BCUT2D eigenvalue weighted by atomic mass is 9.88. The molecule has 0 aliphatic heterocycles. The van der Waals surface area contributed by atoms with Gasteiger partial charge in [0.05, 0.1) is 0 Å². The van der Waals surface area contributed by atoms with Crippen molar-refractivity contribution < 1.29 is 0 Å². The van der Waals surface area contributed by atoms with E-state index in [0.29, 0.717) is 0 Å². The molecule has 0 fully saturated rings. The molecule has 1 heterocycles. The molecule has 1 unspecified atom stereocenters. The Balaban J connectivity index is 0.000000478. The van der Waals surface area contributed by atoms with Crippen molar-refractivity contribution >= 4 is 72.6 Å². The van der Waals surface area contributed by atoms with E-state index >= 15 is 0 Å². The number of allylic oxidation sites excluding steroid dienone is 1. The number of aryl methyl sites for hydroxylation is 1. The minimum Gasteiger partial charge on any atom is -0.324 e. The fourth-order valence-electron chi connectivity index (χ4n) is 7.70. The highest BCUT2D eigenvalue weighted by Gasteiger charge is 2.16. The largest absolute Gasteiger partial charge is 0.324 e. The van der Waals surface area contributed by atoms with Crippen molar-refractivity contribution in [2.75, 3.05) is 0 Å². The Kier molecular flexibility index (Phi) is 11.8. The van der Waals surface area contributed by atoms with Crippen molar-refractivity contribution in [2.45, 2.75) is 26.3 Å². The lowest BCUT2D eigenvalue weighted by Gasteiger charge is -2.16. The third kappa shape index (κ3) is 7.74. The second kappa shape index (κ2) is 17.4. The molecule has 0 radical (unpaired) electrons. The van der Waals surface area contributed by atoms with Gasteiger partial charge in [-0.1, -0.05) is 182 Å². The van der Waals surface area contributed by atoms with Gasteiger partial charge in [0.25, 0.3) is 0 Å². The van der Waals surface area contributed by atoms with Crippen LogP contribution in [0.15, 0.2) is 176 Å². The van der Waals surface area contributed by atoms with Crippen molar-refractivity contribution in [3.05, 3.63) is 204 Å². The van der Waals surface area contributed by atoms with Crippen LogP contribution in [-0.2, 0) is 6.42 Å². The van der Waals surface area contributed by atoms with Crippen LogP contribution in [0.4, 0.5) is 0 Å². The number of nitrogens with one attached hydrogen (secondary N) is 1. The van der Waals surface area contributed by atoms with E-state index in [-0.39, 0.29) is 6.04 Å². The van der Waals surface area contributed by atoms with E-state index in [4.69, 9.17) is 11.1 Å². The zero-order valence-electron chi connectivity index (χ0n) is 32.0. The molecule has 0 spiro atoms. The monoisotopic (exact) mass is 742 g/mol. The van der Waals surface area contributed by atoms with Gasteiger partial charge in [-0.15, -0.1) is 11.3 Å². The highest BCUT2D eigenvalue weighted by atomic mass is 32.1. The van der Waals surface area contributed by atoms with E-state index in [1.165, 1.54) is 86.2 Å². The molecule has 0 saturated heterocycles. The van der Waals surface area contributed by atoms with Gasteiger partial charge in [-0.05, 0) is 110 Å². The summed E-state index contributed by atoms with van der Waals surface area (Å²) in [6, 6.07) is 58.9. The standard InChI is InChI=1S/C45H35NS.C7H8.CH3N/c1-3-12-37-38-23-22-33(28-44(38)47-43(37)4-2)34-19-11-20-39-35-17-8-9-18-36(35)41-27-32(21-24-40(41)45(34)39)31-16-10-13-29(25-31)26-42(46)30-14-6-5-7-15-30;1-7-5-3-2-4-6-7;1-2/h3-25,27-28,42H,2,26,46H2,1H3;2-6H,1H3;2H,1H2/b12-3-;;. The van der Waals surface area contributed by atoms with Gasteiger partial charge in [-0.25, -0.2) is 0 Å². The zero-order valence-corrected chi connectivity index (χ0v) is 32.8. The Morgan fingerprint density at radius 1 is 0.607 bits per heavy atom. The summed E-state index contributed by atoms with van der Waals surface area (Å²) in [7, 11) is 0. The maximum absolute atomic E-state index is 6.62. The topological polar surface area (TPSA) is 49.9 Å². The summed E-state index contributed by atoms with van der Waals surface area (Å²) in [5.41, 5.74) is 16.5. The normalized spacial score (nSPS) is 11.6. The number of rotatable bonds is 7. The summed E-state index contributed by atoms with van der Waals surface area (Å²) in [5.74, 6) is 0. The number of thiophene rings is 1. The van der Waals surface area contributed by atoms with Gasteiger partial charge in [0.2, 0.25) is 0 Å². The summed E-state index contributed by atoms with van der Waals surface area (Å²) in [4.78, 5) is 1.21. The van der Waals surface area contributed by atoms with Crippen LogP contribution in [0.2, 0.25) is 0 Å². The molecule has 3 heteroatoms. The minimum absolute atomic E-state index is 0.0387. The van der Waals surface area contributed by atoms with Gasteiger partial charge in [-0.2, -0.15) is 0 Å². The number of hydrogen-bond acceptors (Lipinski definition) is 3. The van der Waals surface area contributed by atoms with Crippen molar-refractivity contribution in [1.29, 1.82) is 5.41 Å². The SMILES string of the molecule is C=Cc1sc2cc(-c3cccc4c5ccccc5c5cc(-c6cccc(CC(N)c7ccccc7)c6)ccc5c34)ccc2c1/C=C\C.C=N.Cc1ccccc1. The van der Waals surface area contributed by atoms with Crippen molar-refractivity contribution in [1.82, 2.24) is 0 Å². The number of hydrogen-bond donors (Lipinski definition) is 2. The van der Waals surface area contributed by atoms with Crippen LogP contribution in [0.5, 0.6) is 0 Å². The molecular formula is C53H46N2S. The Morgan fingerprint density at radius 3 is 1.91 bits per heavy atom. The number of fused-ring (bicyclic) bond motifs is 7. The summed E-state index contributed by atoms with van der Waals surface area (Å²) >= 11 is 1.81. The highest BCUT2D eigenvalue weighted by molar-refractivity contribution is 7.20. The van der Waals surface area contributed by atoms with Gasteiger partial charge >= 0.3 is 0 Å². The molecule has 0 aliphatic carbocycles. The number of benzene rings is 8. The van der Waals surface area contributed by atoms with Gasteiger partial charge in [0, 0.05) is 21.0 Å². The van der Waals surface area contributed by atoms with E-state index in [1.807, 2.05) is 41.7 Å². The quantitative estimate of drug-likeness (QED) is 0.124. The first-order chi connectivity index (χ1) is 27.5. The highest BCUT2D eigenvalue weighted by Crippen LogP contribution is 2.43. The Hall–Kier alpha value is -6.39. The lowest BCUT2D eigenvalue weighted by Crippen LogP contribution is -2.13. The summed E-state index contributed by atoms with van der Waals surface area (Å²) in [5, 5.41) is 14.4. The molecule has 0 amide bonds. The lowest BCUT2D eigenvalue weighted by molar-refractivity contribution is 0.722. The molecule has 3 N–H and O–H groups in total. The predicted octanol–water partition coefficient (Wildman–Crippen LogP) is 14.9. The van der Waals surface area contributed by atoms with Crippen molar-refractivity contribution in [3.8, 4) is 22.3 Å². The van der Waals surface area contributed by atoms with Crippen LogP contribution < -0.4 is 5.73 Å². The van der Waals surface area contributed by atoms with Crippen molar-refractivity contribution in [3.63, 3.8) is 0 Å². The number of nitrogens with two attached hydrogens (primary N) is 1. The molecular weight excluding hydrogens is 697 g/mol. The molecule has 56 heavy (non-hydrogen) atoms. The molecule has 0 aliphatic rings. The summed E-state index contributed by atoms with van der Waals surface area (Å²) in [6.07, 6.45) is 7.07.